The lowest BCUT2D eigenvalue weighted by Crippen LogP contribution is -2.26. The number of nitrogens with zero attached hydrogens (tertiary/aromatic N) is 1. The second kappa shape index (κ2) is 7.23. The number of unbranched alkanes of at least 4 members (excludes halogenated alkanes) is 1. The van der Waals surface area contributed by atoms with Crippen molar-refractivity contribution in [1.82, 2.24) is 4.90 Å². The fraction of sp³-hybridized carbons (Fsp3) is 0.562. The third kappa shape index (κ3) is 4.06. The van der Waals surface area contributed by atoms with Crippen molar-refractivity contribution in [2.75, 3.05) is 13.7 Å². The van der Waals surface area contributed by atoms with Crippen molar-refractivity contribution in [3.63, 3.8) is 0 Å². The Morgan fingerprint density at radius 1 is 1.45 bits per heavy atom. The summed E-state index contributed by atoms with van der Waals surface area (Å²) in [5, 5.41) is 0. The Morgan fingerprint density at radius 3 is 2.75 bits per heavy atom. The molecule has 0 bridgehead atoms. The Balaban J connectivity index is 2.05. The van der Waals surface area contributed by atoms with Crippen molar-refractivity contribution in [3.05, 3.63) is 33.8 Å². The van der Waals surface area contributed by atoms with Crippen LogP contribution in [0.4, 0.5) is 0 Å². The summed E-state index contributed by atoms with van der Waals surface area (Å²) in [4.78, 5) is 14.1. The molecule has 1 aromatic carbocycles. The number of carbonyl (C=O) groups excluding carboxylic acids is 1. The summed E-state index contributed by atoms with van der Waals surface area (Å²) in [6.45, 7) is 4.34. The molecule has 1 aromatic rings. The Labute approximate surface area is 129 Å². The summed E-state index contributed by atoms with van der Waals surface area (Å²) < 4.78 is 5.73. The van der Waals surface area contributed by atoms with E-state index in [1.807, 2.05) is 18.2 Å². The largest absolute Gasteiger partial charge is 0.465 e. The first-order valence-electron chi connectivity index (χ1n) is 7.26. The van der Waals surface area contributed by atoms with E-state index in [2.05, 4.69) is 27.8 Å². The molecule has 0 heterocycles. The number of methoxy groups -OCH3 is 1. The highest BCUT2D eigenvalue weighted by Crippen LogP contribution is 2.30. The fourth-order valence-electron chi connectivity index (χ4n) is 2.33. The van der Waals surface area contributed by atoms with Gasteiger partial charge in [0.15, 0.2) is 0 Å². The molecule has 0 spiro atoms. The van der Waals surface area contributed by atoms with Crippen LogP contribution < -0.4 is 0 Å². The smallest absolute Gasteiger partial charge is 0.337 e. The molecule has 1 fully saturated rings. The summed E-state index contributed by atoms with van der Waals surface area (Å²) in [7, 11) is 1.41. The highest BCUT2D eigenvalue weighted by molar-refractivity contribution is 9.10. The third-order valence-corrected chi connectivity index (χ3v) is 4.45. The molecule has 0 aromatic heterocycles. The van der Waals surface area contributed by atoms with E-state index in [1.165, 1.54) is 38.4 Å². The monoisotopic (exact) mass is 339 g/mol. The Bertz CT molecular complexity index is 472. The molecule has 0 atom stereocenters. The topological polar surface area (TPSA) is 29.5 Å². The Morgan fingerprint density at radius 2 is 2.20 bits per heavy atom. The summed E-state index contributed by atoms with van der Waals surface area (Å²) in [6.07, 6.45) is 5.11. The Kier molecular flexibility index (Phi) is 5.61. The second-order valence-electron chi connectivity index (χ2n) is 5.35. The van der Waals surface area contributed by atoms with Crippen molar-refractivity contribution in [2.24, 2.45) is 0 Å². The van der Waals surface area contributed by atoms with Crippen molar-refractivity contribution < 1.29 is 9.53 Å². The van der Waals surface area contributed by atoms with Crippen LogP contribution in [0.1, 0.15) is 48.5 Å². The molecule has 0 saturated heterocycles. The first kappa shape index (κ1) is 15.5. The van der Waals surface area contributed by atoms with E-state index in [-0.39, 0.29) is 5.97 Å². The van der Waals surface area contributed by atoms with Crippen molar-refractivity contribution in [3.8, 4) is 0 Å². The molecule has 0 unspecified atom stereocenters. The minimum absolute atomic E-state index is 0.290. The lowest BCUT2D eigenvalue weighted by molar-refractivity contribution is 0.0600. The molecule has 1 saturated carbocycles. The van der Waals surface area contributed by atoms with E-state index < -0.39 is 0 Å². The van der Waals surface area contributed by atoms with Crippen LogP contribution in [0.5, 0.6) is 0 Å². The third-order valence-electron chi connectivity index (χ3n) is 3.71. The van der Waals surface area contributed by atoms with Crippen LogP contribution >= 0.6 is 15.9 Å². The zero-order valence-electron chi connectivity index (χ0n) is 12.2. The maximum atomic E-state index is 11.5. The van der Waals surface area contributed by atoms with Gasteiger partial charge < -0.3 is 4.74 Å². The van der Waals surface area contributed by atoms with E-state index in [4.69, 9.17) is 4.74 Å². The first-order valence-corrected chi connectivity index (χ1v) is 8.05. The molecule has 1 aliphatic rings. The highest BCUT2D eigenvalue weighted by Gasteiger charge is 2.28. The fourth-order valence-corrected chi connectivity index (χ4v) is 2.83. The predicted octanol–water partition coefficient (Wildman–Crippen LogP) is 4.00. The van der Waals surface area contributed by atoms with Gasteiger partial charge in [-0.15, -0.1) is 0 Å². The van der Waals surface area contributed by atoms with Gasteiger partial charge in [0.1, 0.15) is 0 Å². The number of carbonyl (C=O) groups is 1. The highest BCUT2D eigenvalue weighted by atomic mass is 79.9. The molecular formula is C16H22BrNO2. The standard InChI is InChI=1S/C16H22BrNO2/c1-3-4-9-18(14-7-8-14)11-13-6-5-12(10-15(13)17)16(19)20-2/h5-6,10,14H,3-4,7-9,11H2,1-2H3. The number of hydrogen-bond donors (Lipinski definition) is 0. The van der Waals surface area contributed by atoms with Gasteiger partial charge in [-0.25, -0.2) is 4.79 Å². The van der Waals surface area contributed by atoms with Gasteiger partial charge in [-0.05, 0) is 43.5 Å². The van der Waals surface area contributed by atoms with Crippen LogP contribution in [-0.2, 0) is 11.3 Å². The average Bonchev–Trinajstić information content (AvgIpc) is 3.28. The molecule has 20 heavy (non-hydrogen) atoms. The second-order valence-corrected chi connectivity index (χ2v) is 6.21. The van der Waals surface area contributed by atoms with Gasteiger partial charge in [0, 0.05) is 17.1 Å². The number of rotatable bonds is 7. The van der Waals surface area contributed by atoms with Crippen LogP contribution in [0.25, 0.3) is 0 Å². The van der Waals surface area contributed by atoms with E-state index in [0.717, 1.165) is 23.6 Å². The number of ether oxygens (including phenoxy) is 1. The zero-order chi connectivity index (χ0) is 14.5. The van der Waals surface area contributed by atoms with Crippen molar-refractivity contribution >= 4 is 21.9 Å². The molecular weight excluding hydrogens is 318 g/mol. The Hall–Kier alpha value is -0.870. The number of halogens is 1. The van der Waals surface area contributed by atoms with Gasteiger partial charge in [-0.1, -0.05) is 35.3 Å². The maximum absolute atomic E-state index is 11.5. The molecule has 1 aliphatic carbocycles. The van der Waals surface area contributed by atoms with E-state index in [0.29, 0.717) is 5.56 Å². The molecule has 0 radical (unpaired) electrons. The normalized spacial score (nSPS) is 14.6. The lowest BCUT2D eigenvalue weighted by atomic mass is 10.1. The van der Waals surface area contributed by atoms with E-state index >= 15 is 0 Å². The van der Waals surface area contributed by atoms with Gasteiger partial charge >= 0.3 is 5.97 Å². The van der Waals surface area contributed by atoms with Crippen LogP contribution in [0.15, 0.2) is 22.7 Å². The average molecular weight is 340 g/mol. The molecule has 0 amide bonds. The molecule has 110 valence electrons. The quantitative estimate of drug-likeness (QED) is 0.703. The van der Waals surface area contributed by atoms with Crippen molar-refractivity contribution in [1.29, 1.82) is 0 Å². The van der Waals surface area contributed by atoms with Crippen LogP contribution in [0.3, 0.4) is 0 Å². The number of esters is 1. The van der Waals surface area contributed by atoms with Gasteiger partial charge in [-0.2, -0.15) is 0 Å². The molecule has 3 nitrogen and oxygen atoms in total. The predicted molar refractivity (Wildman–Crippen MR) is 83.8 cm³/mol. The number of benzene rings is 1. The summed E-state index contributed by atoms with van der Waals surface area (Å²) in [5.74, 6) is -0.290. The molecule has 0 N–H and O–H groups in total. The van der Waals surface area contributed by atoms with E-state index in [1.54, 1.807) is 0 Å². The minimum atomic E-state index is -0.290. The summed E-state index contributed by atoms with van der Waals surface area (Å²) in [6, 6.07) is 6.48. The maximum Gasteiger partial charge on any atom is 0.337 e. The molecule has 2 rings (SSSR count). The van der Waals surface area contributed by atoms with E-state index in [9.17, 15) is 4.79 Å². The SMILES string of the molecule is CCCCN(Cc1ccc(C(=O)OC)cc1Br)C1CC1. The lowest BCUT2D eigenvalue weighted by Gasteiger charge is -2.22. The molecule has 4 heteroatoms. The minimum Gasteiger partial charge on any atom is -0.465 e. The van der Waals surface area contributed by atoms with Gasteiger partial charge in [-0.3, -0.25) is 4.90 Å². The first-order chi connectivity index (χ1) is 9.65. The van der Waals surface area contributed by atoms with Gasteiger partial charge in [0.25, 0.3) is 0 Å². The van der Waals surface area contributed by atoms with Crippen LogP contribution in [0, 0.1) is 0 Å². The van der Waals surface area contributed by atoms with Gasteiger partial charge in [0.2, 0.25) is 0 Å². The molecule has 0 aliphatic heterocycles. The summed E-state index contributed by atoms with van der Waals surface area (Å²) >= 11 is 3.58. The summed E-state index contributed by atoms with van der Waals surface area (Å²) in [5.41, 5.74) is 1.83. The van der Waals surface area contributed by atoms with Crippen molar-refractivity contribution in [2.45, 2.75) is 45.2 Å². The van der Waals surface area contributed by atoms with Gasteiger partial charge in [0.05, 0.1) is 12.7 Å². The number of hydrogen-bond acceptors (Lipinski definition) is 3. The van der Waals surface area contributed by atoms with Crippen LogP contribution in [0.2, 0.25) is 0 Å². The zero-order valence-corrected chi connectivity index (χ0v) is 13.8. The van der Waals surface area contributed by atoms with Crippen LogP contribution in [-0.4, -0.2) is 30.6 Å².